The SMILES string of the molecule is CCCNC(CCN(CC)CC)c1ccc(C)s1. The molecule has 1 heterocycles. The van der Waals surface area contributed by atoms with E-state index >= 15 is 0 Å². The molecule has 1 rings (SSSR count). The molecule has 0 spiro atoms. The molecule has 0 amide bonds. The van der Waals surface area contributed by atoms with E-state index in [0.717, 1.165) is 19.6 Å². The molecule has 1 unspecified atom stereocenters. The first-order valence-corrected chi connectivity index (χ1v) is 8.04. The predicted molar refractivity (Wildman–Crippen MR) is 82.5 cm³/mol. The molecule has 2 nitrogen and oxygen atoms in total. The van der Waals surface area contributed by atoms with Gasteiger partial charge >= 0.3 is 0 Å². The first-order valence-electron chi connectivity index (χ1n) is 7.23. The van der Waals surface area contributed by atoms with Crippen LogP contribution in [0.15, 0.2) is 12.1 Å². The zero-order chi connectivity index (χ0) is 13.4. The molecule has 1 aromatic heterocycles. The zero-order valence-corrected chi connectivity index (χ0v) is 13.1. The van der Waals surface area contributed by atoms with Crippen molar-refractivity contribution in [1.29, 1.82) is 0 Å². The Bertz CT molecular complexity index is 318. The fourth-order valence-corrected chi connectivity index (χ4v) is 3.14. The lowest BCUT2D eigenvalue weighted by molar-refractivity contribution is 0.282. The van der Waals surface area contributed by atoms with Crippen LogP contribution in [-0.4, -0.2) is 31.1 Å². The highest BCUT2D eigenvalue weighted by Crippen LogP contribution is 2.25. The molecular formula is C15H28N2S. The van der Waals surface area contributed by atoms with Crippen molar-refractivity contribution in [3.05, 3.63) is 21.9 Å². The Kier molecular flexibility index (Phi) is 7.56. The maximum absolute atomic E-state index is 3.69. The molecule has 0 bridgehead atoms. The number of hydrogen-bond donors (Lipinski definition) is 1. The maximum Gasteiger partial charge on any atom is 0.0427 e. The van der Waals surface area contributed by atoms with Gasteiger partial charge in [-0.2, -0.15) is 0 Å². The van der Waals surface area contributed by atoms with Gasteiger partial charge in [0, 0.05) is 15.8 Å². The van der Waals surface area contributed by atoms with Crippen LogP contribution in [0.4, 0.5) is 0 Å². The zero-order valence-electron chi connectivity index (χ0n) is 12.3. The lowest BCUT2D eigenvalue weighted by atomic mass is 10.1. The maximum atomic E-state index is 3.69. The summed E-state index contributed by atoms with van der Waals surface area (Å²) >= 11 is 1.93. The van der Waals surface area contributed by atoms with Crippen LogP contribution in [0, 0.1) is 6.92 Å². The van der Waals surface area contributed by atoms with Crippen LogP contribution in [0.3, 0.4) is 0 Å². The molecule has 0 aliphatic heterocycles. The van der Waals surface area contributed by atoms with Crippen LogP contribution < -0.4 is 5.32 Å². The van der Waals surface area contributed by atoms with Crippen LogP contribution in [0.2, 0.25) is 0 Å². The molecule has 0 saturated heterocycles. The van der Waals surface area contributed by atoms with Crippen LogP contribution in [0.25, 0.3) is 0 Å². The molecule has 0 fully saturated rings. The molecule has 18 heavy (non-hydrogen) atoms. The van der Waals surface area contributed by atoms with Crippen LogP contribution in [0.5, 0.6) is 0 Å². The number of aryl methyl sites for hydroxylation is 1. The summed E-state index contributed by atoms with van der Waals surface area (Å²) in [7, 11) is 0. The molecule has 3 heteroatoms. The van der Waals surface area contributed by atoms with E-state index in [9.17, 15) is 0 Å². The van der Waals surface area contributed by atoms with Gasteiger partial charge in [-0.05, 0) is 58.1 Å². The second kappa shape index (κ2) is 8.68. The van der Waals surface area contributed by atoms with Crippen LogP contribution in [-0.2, 0) is 0 Å². The van der Waals surface area contributed by atoms with Crippen molar-refractivity contribution < 1.29 is 0 Å². The van der Waals surface area contributed by atoms with Crippen molar-refractivity contribution in [2.75, 3.05) is 26.2 Å². The van der Waals surface area contributed by atoms with Gasteiger partial charge < -0.3 is 10.2 Å². The molecule has 0 aromatic carbocycles. The number of nitrogens with one attached hydrogen (secondary N) is 1. The van der Waals surface area contributed by atoms with E-state index in [0.29, 0.717) is 6.04 Å². The normalized spacial score (nSPS) is 13.2. The highest BCUT2D eigenvalue weighted by molar-refractivity contribution is 7.12. The quantitative estimate of drug-likeness (QED) is 0.732. The second-order valence-electron chi connectivity index (χ2n) is 4.77. The van der Waals surface area contributed by atoms with Crippen molar-refractivity contribution in [3.63, 3.8) is 0 Å². The monoisotopic (exact) mass is 268 g/mol. The molecule has 1 aromatic rings. The van der Waals surface area contributed by atoms with Gasteiger partial charge in [0.2, 0.25) is 0 Å². The van der Waals surface area contributed by atoms with E-state index in [1.807, 2.05) is 11.3 Å². The minimum atomic E-state index is 0.532. The number of nitrogens with zero attached hydrogens (tertiary/aromatic N) is 1. The Balaban J connectivity index is 2.55. The van der Waals surface area contributed by atoms with E-state index in [1.165, 1.54) is 29.1 Å². The summed E-state index contributed by atoms with van der Waals surface area (Å²) in [4.78, 5) is 5.41. The molecule has 0 aliphatic carbocycles. The molecule has 104 valence electrons. The molecule has 0 radical (unpaired) electrons. The fourth-order valence-electron chi connectivity index (χ4n) is 2.16. The van der Waals surface area contributed by atoms with E-state index in [-0.39, 0.29) is 0 Å². The first-order chi connectivity index (χ1) is 8.71. The number of hydrogen-bond acceptors (Lipinski definition) is 3. The van der Waals surface area contributed by atoms with Gasteiger partial charge in [-0.3, -0.25) is 0 Å². The summed E-state index contributed by atoms with van der Waals surface area (Å²) in [5.41, 5.74) is 0. The van der Waals surface area contributed by atoms with Crippen LogP contribution in [0.1, 0.15) is 49.4 Å². The molecule has 1 N–H and O–H groups in total. The number of thiophene rings is 1. The topological polar surface area (TPSA) is 15.3 Å². The third-order valence-corrected chi connectivity index (χ3v) is 4.49. The van der Waals surface area contributed by atoms with E-state index < -0.39 is 0 Å². The van der Waals surface area contributed by atoms with Gasteiger partial charge in [0.1, 0.15) is 0 Å². The molecule has 0 saturated carbocycles. The third-order valence-electron chi connectivity index (χ3n) is 3.37. The first kappa shape index (κ1) is 15.7. The summed E-state index contributed by atoms with van der Waals surface area (Å²) in [5.74, 6) is 0. The average Bonchev–Trinajstić information content (AvgIpc) is 2.80. The summed E-state index contributed by atoms with van der Waals surface area (Å²) in [6.45, 7) is 13.5. The van der Waals surface area contributed by atoms with Crippen molar-refractivity contribution in [1.82, 2.24) is 10.2 Å². The minimum absolute atomic E-state index is 0.532. The lowest BCUT2D eigenvalue weighted by Crippen LogP contribution is -2.29. The fraction of sp³-hybridized carbons (Fsp3) is 0.733. The smallest absolute Gasteiger partial charge is 0.0427 e. The summed E-state index contributed by atoms with van der Waals surface area (Å²) in [6.07, 6.45) is 2.41. The minimum Gasteiger partial charge on any atom is -0.309 e. The van der Waals surface area contributed by atoms with E-state index in [4.69, 9.17) is 0 Å². The van der Waals surface area contributed by atoms with Gasteiger partial charge in [0.25, 0.3) is 0 Å². The van der Waals surface area contributed by atoms with Gasteiger partial charge in [0.05, 0.1) is 0 Å². The van der Waals surface area contributed by atoms with Gasteiger partial charge in [-0.25, -0.2) is 0 Å². The second-order valence-corrected chi connectivity index (χ2v) is 6.09. The van der Waals surface area contributed by atoms with E-state index in [2.05, 4.69) is 50.0 Å². The average molecular weight is 268 g/mol. The Morgan fingerprint density at radius 2 is 1.94 bits per heavy atom. The number of rotatable bonds is 9. The highest BCUT2D eigenvalue weighted by Gasteiger charge is 2.13. The Labute approximate surface area is 116 Å². The standard InChI is InChI=1S/C15H28N2S/c1-5-11-16-14(10-12-17(6-2)7-3)15-9-8-13(4)18-15/h8-9,14,16H,5-7,10-12H2,1-4H3. The van der Waals surface area contributed by atoms with Crippen molar-refractivity contribution in [3.8, 4) is 0 Å². The Hall–Kier alpha value is -0.380. The van der Waals surface area contributed by atoms with Gasteiger partial charge in [0.15, 0.2) is 0 Å². The largest absolute Gasteiger partial charge is 0.309 e. The van der Waals surface area contributed by atoms with Gasteiger partial charge in [-0.1, -0.05) is 20.8 Å². The van der Waals surface area contributed by atoms with Crippen LogP contribution >= 0.6 is 11.3 Å². The highest BCUT2D eigenvalue weighted by atomic mass is 32.1. The summed E-state index contributed by atoms with van der Waals surface area (Å²) in [5, 5.41) is 3.69. The lowest BCUT2D eigenvalue weighted by Gasteiger charge is -2.23. The summed E-state index contributed by atoms with van der Waals surface area (Å²) in [6, 6.07) is 5.05. The van der Waals surface area contributed by atoms with E-state index in [1.54, 1.807) is 0 Å². The Morgan fingerprint density at radius 1 is 1.22 bits per heavy atom. The predicted octanol–water partition coefficient (Wildman–Crippen LogP) is 3.83. The van der Waals surface area contributed by atoms with Gasteiger partial charge in [-0.15, -0.1) is 11.3 Å². The van der Waals surface area contributed by atoms with Crippen molar-refractivity contribution >= 4 is 11.3 Å². The van der Waals surface area contributed by atoms with Crippen molar-refractivity contribution in [2.45, 2.75) is 46.6 Å². The van der Waals surface area contributed by atoms with Crippen molar-refractivity contribution in [2.24, 2.45) is 0 Å². The molecule has 0 aliphatic rings. The molecule has 1 atom stereocenters. The third kappa shape index (κ3) is 5.09. The summed E-state index contributed by atoms with van der Waals surface area (Å²) < 4.78 is 0. The molecular weight excluding hydrogens is 240 g/mol. The Morgan fingerprint density at radius 3 is 2.44 bits per heavy atom.